The maximum absolute atomic E-state index is 12.3. The molecule has 0 radical (unpaired) electrons. The summed E-state index contributed by atoms with van der Waals surface area (Å²) in [6.07, 6.45) is 0. The van der Waals surface area contributed by atoms with E-state index in [2.05, 4.69) is 0 Å². The molecule has 0 amide bonds. The number of nitrogen functional groups attached to an aromatic ring is 1. The lowest BCUT2D eigenvalue weighted by Crippen LogP contribution is -2.13. The van der Waals surface area contributed by atoms with E-state index >= 15 is 0 Å². The van der Waals surface area contributed by atoms with Crippen molar-refractivity contribution in [2.45, 2.75) is 13.8 Å². The van der Waals surface area contributed by atoms with Crippen LogP contribution in [0.2, 0.25) is 5.02 Å². The van der Waals surface area contributed by atoms with Crippen molar-refractivity contribution in [2.24, 2.45) is 0 Å². The molecule has 0 aliphatic carbocycles. The molecule has 0 bridgehead atoms. The number of anilines is 1. The van der Waals surface area contributed by atoms with Crippen molar-refractivity contribution in [1.29, 1.82) is 5.26 Å². The number of halogens is 1. The quantitative estimate of drug-likeness (QED) is 0.868. The van der Waals surface area contributed by atoms with E-state index in [4.69, 9.17) is 26.8 Å². The van der Waals surface area contributed by atoms with Crippen molar-refractivity contribution in [3.05, 3.63) is 40.0 Å². The minimum atomic E-state index is -0.551. The number of nitrogens with zero attached hydrogens (tertiary/aromatic N) is 2. The Bertz CT molecular complexity index is 806. The molecule has 0 saturated heterocycles. The second-order valence-corrected chi connectivity index (χ2v) is 5.13. The van der Waals surface area contributed by atoms with E-state index in [1.54, 1.807) is 32.0 Å². The fourth-order valence-corrected chi connectivity index (χ4v) is 2.61. The number of benzene rings is 1. The molecule has 2 N–H and O–H groups in total. The van der Waals surface area contributed by atoms with Crippen LogP contribution in [0.1, 0.15) is 28.5 Å². The van der Waals surface area contributed by atoms with E-state index < -0.39 is 5.97 Å². The minimum absolute atomic E-state index is 0.161. The van der Waals surface area contributed by atoms with Crippen molar-refractivity contribution in [3.63, 3.8) is 0 Å². The molecule has 6 nitrogen and oxygen atoms in total. The molecule has 0 saturated carbocycles. The van der Waals surface area contributed by atoms with Crippen LogP contribution in [0.15, 0.2) is 18.2 Å². The summed E-state index contributed by atoms with van der Waals surface area (Å²) >= 11 is 6.14. The average molecular weight is 334 g/mol. The fraction of sp³-hybridized carbons (Fsp3) is 0.250. The maximum atomic E-state index is 12.3. The van der Waals surface area contributed by atoms with Gasteiger partial charge in [0.2, 0.25) is 0 Å². The zero-order valence-corrected chi connectivity index (χ0v) is 13.8. The Morgan fingerprint density at radius 1 is 1.48 bits per heavy atom. The van der Waals surface area contributed by atoms with Crippen LogP contribution in [-0.4, -0.2) is 24.3 Å². The molecule has 2 aromatic rings. The summed E-state index contributed by atoms with van der Waals surface area (Å²) in [6, 6.07) is 6.99. The van der Waals surface area contributed by atoms with Gasteiger partial charge in [-0.25, -0.2) is 4.79 Å². The Balaban J connectivity index is 2.73. The Hall–Kier alpha value is -2.65. The van der Waals surface area contributed by atoms with E-state index in [9.17, 15) is 10.1 Å². The number of hydrogen-bond acceptors (Lipinski definition) is 5. The molecule has 0 spiro atoms. The van der Waals surface area contributed by atoms with Crippen molar-refractivity contribution in [3.8, 4) is 17.5 Å². The lowest BCUT2D eigenvalue weighted by atomic mass is 10.2. The van der Waals surface area contributed by atoms with Gasteiger partial charge in [-0.3, -0.25) is 4.57 Å². The molecule has 7 heteroatoms. The number of nitrogens with two attached hydrogens (primary N) is 1. The number of methoxy groups -OCH3 is 1. The van der Waals surface area contributed by atoms with Crippen LogP contribution in [0, 0.1) is 18.3 Å². The summed E-state index contributed by atoms with van der Waals surface area (Å²) in [7, 11) is 1.51. The summed E-state index contributed by atoms with van der Waals surface area (Å²) < 4.78 is 11.7. The standard InChI is InChI=1S/C16H16ClN3O3/c1-4-23-16(21)14-9(2)11(8-18)15(19)20(14)10-5-6-13(22-3)12(17)7-10/h5-7H,4,19H2,1-3H3. The lowest BCUT2D eigenvalue weighted by molar-refractivity contribution is 0.0516. The highest BCUT2D eigenvalue weighted by atomic mass is 35.5. The molecule has 120 valence electrons. The molecular formula is C16H16ClN3O3. The normalized spacial score (nSPS) is 10.2. The van der Waals surface area contributed by atoms with Crippen LogP contribution in [0.5, 0.6) is 5.75 Å². The molecule has 1 aromatic heterocycles. The van der Waals surface area contributed by atoms with Crippen molar-refractivity contribution in [1.82, 2.24) is 4.57 Å². The van der Waals surface area contributed by atoms with Crippen molar-refractivity contribution in [2.75, 3.05) is 19.5 Å². The summed E-state index contributed by atoms with van der Waals surface area (Å²) in [4.78, 5) is 12.3. The van der Waals surface area contributed by atoms with Crippen LogP contribution in [-0.2, 0) is 4.74 Å². The van der Waals surface area contributed by atoms with Gasteiger partial charge in [0.25, 0.3) is 0 Å². The molecule has 0 unspecified atom stereocenters. The van der Waals surface area contributed by atoms with Gasteiger partial charge in [-0.15, -0.1) is 0 Å². The first-order valence-electron chi connectivity index (χ1n) is 6.88. The SMILES string of the molecule is CCOC(=O)c1c(C)c(C#N)c(N)n1-c1ccc(OC)c(Cl)c1. The van der Waals surface area contributed by atoms with Gasteiger partial charge in [-0.2, -0.15) is 5.26 Å². The molecular weight excluding hydrogens is 318 g/mol. The van der Waals surface area contributed by atoms with Gasteiger partial charge >= 0.3 is 5.97 Å². The molecule has 0 atom stereocenters. The number of aromatic nitrogens is 1. The zero-order valence-electron chi connectivity index (χ0n) is 13.0. The van der Waals surface area contributed by atoms with E-state index in [-0.39, 0.29) is 23.7 Å². The molecule has 2 rings (SSSR count). The maximum Gasteiger partial charge on any atom is 0.355 e. The summed E-state index contributed by atoms with van der Waals surface area (Å²) in [5.74, 6) is 0.107. The number of nitriles is 1. The van der Waals surface area contributed by atoms with E-state index in [1.165, 1.54) is 11.7 Å². The van der Waals surface area contributed by atoms with Gasteiger partial charge in [0.1, 0.15) is 23.3 Å². The molecule has 0 aliphatic rings. The Labute approximate surface area is 139 Å². The van der Waals surface area contributed by atoms with Crippen LogP contribution in [0.25, 0.3) is 5.69 Å². The number of rotatable bonds is 4. The first-order valence-corrected chi connectivity index (χ1v) is 7.25. The fourth-order valence-electron chi connectivity index (χ4n) is 2.36. The minimum Gasteiger partial charge on any atom is -0.495 e. The number of carbonyl (C=O) groups is 1. The third-order valence-electron chi connectivity index (χ3n) is 3.43. The molecule has 0 aliphatic heterocycles. The highest BCUT2D eigenvalue weighted by Crippen LogP contribution is 2.32. The molecule has 0 fully saturated rings. The van der Waals surface area contributed by atoms with Crippen LogP contribution < -0.4 is 10.5 Å². The largest absolute Gasteiger partial charge is 0.495 e. The Morgan fingerprint density at radius 3 is 2.70 bits per heavy atom. The highest BCUT2D eigenvalue weighted by molar-refractivity contribution is 6.32. The van der Waals surface area contributed by atoms with Crippen LogP contribution >= 0.6 is 11.6 Å². The predicted octanol–water partition coefficient (Wildman–Crippen LogP) is 3.08. The van der Waals surface area contributed by atoms with Gasteiger partial charge in [0.15, 0.2) is 0 Å². The third-order valence-corrected chi connectivity index (χ3v) is 3.72. The number of hydrogen-bond donors (Lipinski definition) is 1. The van der Waals surface area contributed by atoms with E-state index in [0.717, 1.165) is 0 Å². The smallest absolute Gasteiger partial charge is 0.355 e. The first-order chi connectivity index (χ1) is 11.0. The second kappa shape index (κ2) is 6.63. The van der Waals surface area contributed by atoms with Crippen molar-refractivity contribution < 1.29 is 14.3 Å². The molecule has 1 aromatic carbocycles. The van der Waals surface area contributed by atoms with E-state index in [1.807, 2.05) is 6.07 Å². The second-order valence-electron chi connectivity index (χ2n) is 4.72. The summed E-state index contributed by atoms with van der Waals surface area (Å²) in [5, 5.41) is 9.66. The Kier molecular flexibility index (Phi) is 4.82. The number of ether oxygens (including phenoxy) is 2. The summed E-state index contributed by atoms with van der Waals surface area (Å²) in [6.45, 7) is 3.58. The average Bonchev–Trinajstić information content (AvgIpc) is 2.77. The monoisotopic (exact) mass is 333 g/mol. The third kappa shape index (κ3) is 2.83. The van der Waals surface area contributed by atoms with Gasteiger partial charge < -0.3 is 15.2 Å². The Morgan fingerprint density at radius 2 is 2.17 bits per heavy atom. The summed E-state index contributed by atoms with van der Waals surface area (Å²) in [5.41, 5.74) is 7.52. The van der Waals surface area contributed by atoms with Gasteiger partial charge in [0, 0.05) is 11.3 Å². The molecule has 23 heavy (non-hydrogen) atoms. The number of esters is 1. The lowest BCUT2D eigenvalue weighted by Gasteiger charge is -2.12. The highest BCUT2D eigenvalue weighted by Gasteiger charge is 2.25. The van der Waals surface area contributed by atoms with E-state index in [0.29, 0.717) is 22.0 Å². The number of carbonyl (C=O) groups excluding carboxylic acids is 1. The topological polar surface area (TPSA) is 90.3 Å². The van der Waals surface area contributed by atoms with Gasteiger partial charge in [0.05, 0.1) is 24.3 Å². The van der Waals surface area contributed by atoms with Gasteiger partial charge in [-0.1, -0.05) is 11.6 Å². The predicted molar refractivity (Wildman–Crippen MR) is 87.2 cm³/mol. The van der Waals surface area contributed by atoms with Crippen molar-refractivity contribution >= 4 is 23.4 Å². The van der Waals surface area contributed by atoms with Crippen LogP contribution in [0.3, 0.4) is 0 Å². The molecule has 1 heterocycles. The van der Waals surface area contributed by atoms with Gasteiger partial charge in [-0.05, 0) is 32.0 Å². The zero-order chi connectivity index (χ0) is 17.1. The van der Waals surface area contributed by atoms with Crippen LogP contribution in [0.4, 0.5) is 5.82 Å². The first kappa shape index (κ1) is 16.7.